The van der Waals surface area contributed by atoms with E-state index in [1.165, 1.54) is 6.07 Å². The average Bonchev–Trinajstić information content (AvgIpc) is 3.27. The zero-order chi connectivity index (χ0) is 23.0. The summed E-state index contributed by atoms with van der Waals surface area (Å²) in [5.74, 6) is 0.637. The lowest BCUT2D eigenvalue weighted by Crippen LogP contribution is -2.37. The molecule has 1 atom stereocenters. The van der Waals surface area contributed by atoms with E-state index in [9.17, 15) is 18.3 Å². The summed E-state index contributed by atoms with van der Waals surface area (Å²) in [5, 5.41) is 15.5. The van der Waals surface area contributed by atoms with Crippen LogP contribution in [-0.4, -0.2) is 64.0 Å². The molecule has 2 fully saturated rings. The maximum absolute atomic E-state index is 13.4. The SMILES string of the molecule is OC(c1cn2nc(N3CCOCC3)ccc2n1)N1CCC(c2ccccc2C(F)(F)F)CC1. The Morgan fingerprint density at radius 1 is 1.00 bits per heavy atom. The molecule has 33 heavy (non-hydrogen) atoms. The fourth-order valence-corrected chi connectivity index (χ4v) is 4.73. The van der Waals surface area contributed by atoms with Gasteiger partial charge in [-0.3, -0.25) is 4.90 Å². The Hall–Kier alpha value is -2.69. The van der Waals surface area contributed by atoms with Crippen LogP contribution in [0.4, 0.5) is 19.0 Å². The number of fused-ring (bicyclic) bond motifs is 1. The Balaban J connectivity index is 1.28. The minimum absolute atomic E-state index is 0.190. The van der Waals surface area contributed by atoms with Gasteiger partial charge in [0.1, 0.15) is 11.5 Å². The van der Waals surface area contributed by atoms with Gasteiger partial charge in [-0.15, -0.1) is 5.10 Å². The van der Waals surface area contributed by atoms with Gasteiger partial charge in [0.25, 0.3) is 0 Å². The summed E-state index contributed by atoms with van der Waals surface area (Å²) in [4.78, 5) is 8.51. The van der Waals surface area contributed by atoms with Crippen LogP contribution in [0.2, 0.25) is 0 Å². The van der Waals surface area contributed by atoms with E-state index in [1.807, 2.05) is 17.0 Å². The molecule has 0 bridgehead atoms. The third-order valence-electron chi connectivity index (χ3n) is 6.51. The van der Waals surface area contributed by atoms with Crippen LogP contribution in [-0.2, 0) is 10.9 Å². The Morgan fingerprint density at radius 2 is 1.73 bits per heavy atom. The Kier molecular flexibility index (Phi) is 5.98. The molecular formula is C23H26F3N5O2. The van der Waals surface area contributed by atoms with Crippen molar-refractivity contribution in [3.8, 4) is 0 Å². The van der Waals surface area contributed by atoms with Gasteiger partial charge in [0.2, 0.25) is 0 Å². The largest absolute Gasteiger partial charge is 0.416 e. The number of morpholine rings is 1. The molecule has 3 aromatic rings. The van der Waals surface area contributed by atoms with Crippen LogP contribution in [0.5, 0.6) is 0 Å². The van der Waals surface area contributed by atoms with E-state index in [2.05, 4.69) is 15.0 Å². The number of halogens is 3. The van der Waals surface area contributed by atoms with Crippen molar-refractivity contribution in [1.82, 2.24) is 19.5 Å². The van der Waals surface area contributed by atoms with E-state index in [1.54, 1.807) is 22.8 Å². The first-order valence-corrected chi connectivity index (χ1v) is 11.2. The van der Waals surface area contributed by atoms with Crippen molar-refractivity contribution in [3.63, 3.8) is 0 Å². The Labute approximate surface area is 189 Å². The second kappa shape index (κ2) is 8.92. The first-order chi connectivity index (χ1) is 15.9. The zero-order valence-electron chi connectivity index (χ0n) is 18.1. The number of imidazole rings is 1. The molecule has 2 aliphatic rings. The molecule has 2 aliphatic heterocycles. The first-order valence-electron chi connectivity index (χ1n) is 11.2. The number of hydrogen-bond donors (Lipinski definition) is 1. The van der Waals surface area contributed by atoms with Gasteiger partial charge < -0.3 is 14.7 Å². The van der Waals surface area contributed by atoms with Gasteiger partial charge in [-0.2, -0.15) is 13.2 Å². The third-order valence-corrected chi connectivity index (χ3v) is 6.51. The van der Waals surface area contributed by atoms with Crippen LogP contribution in [0.1, 0.15) is 41.8 Å². The molecule has 176 valence electrons. The van der Waals surface area contributed by atoms with Gasteiger partial charge in [-0.05, 0) is 42.5 Å². The van der Waals surface area contributed by atoms with Crippen LogP contribution >= 0.6 is 0 Å². The van der Waals surface area contributed by atoms with E-state index >= 15 is 0 Å². The van der Waals surface area contributed by atoms with Crippen LogP contribution in [0.3, 0.4) is 0 Å². The highest BCUT2D eigenvalue weighted by Crippen LogP contribution is 2.39. The van der Waals surface area contributed by atoms with Crippen molar-refractivity contribution in [3.05, 3.63) is 59.4 Å². The fraction of sp³-hybridized carbons (Fsp3) is 0.478. The molecule has 2 saturated heterocycles. The number of likely N-dealkylation sites (tertiary alicyclic amines) is 1. The molecule has 1 unspecified atom stereocenters. The Bertz CT molecular complexity index is 1100. The lowest BCUT2D eigenvalue weighted by molar-refractivity contribution is -0.138. The standard InChI is InChI=1S/C23H26F3N5O2/c24-23(25,26)18-4-2-1-3-17(18)16-7-9-30(10-8-16)22(32)19-15-31-20(27-19)5-6-21(28-31)29-11-13-33-14-12-29/h1-6,15-16,22,32H,7-14H2. The highest BCUT2D eigenvalue weighted by Gasteiger charge is 2.36. The van der Waals surface area contributed by atoms with Gasteiger partial charge in [0, 0.05) is 26.2 Å². The van der Waals surface area contributed by atoms with Crippen LogP contribution in [0.25, 0.3) is 5.65 Å². The number of ether oxygens (including phenoxy) is 1. The highest BCUT2D eigenvalue weighted by atomic mass is 19.4. The number of piperidine rings is 1. The van der Waals surface area contributed by atoms with Crippen molar-refractivity contribution in [2.45, 2.75) is 31.2 Å². The topological polar surface area (TPSA) is 66.1 Å². The van der Waals surface area contributed by atoms with Crippen molar-refractivity contribution in [2.24, 2.45) is 0 Å². The van der Waals surface area contributed by atoms with E-state index in [0.29, 0.717) is 56.0 Å². The second-order valence-corrected chi connectivity index (χ2v) is 8.53. The molecule has 1 aromatic carbocycles. The average molecular weight is 461 g/mol. The summed E-state index contributed by atoms with van der Waals surface area (Å²) in [6.07, 6.45) is -2.50. The monoisotopic (exact) mass is 461 g/mol. The number of aromatic nitrogens is 3. The lowest BCUT2D eigenvalue weighted by Gasteiger charge is -2.35. The van der Waals surface area contributed by atoms with Crippen LogP contribution in [0.15, 0.2) is 42.6 Å². The summed E-state index contributed by atoms with van der Waals surface area (Å²) >= 11 is 0. The third kappa shape index (κ3) is 4.55. The number of rotatable bonds is 4. The van der Waals surface area contributed by atoms with Gasteiger partial charge in [-0.1, -0.05) is 18.2 Å². The Morgan fingerprint density at radius 3 is 2.45 bits per heavy atom. The van der Waals surface area contributed by atoms with Gasteiger partial charge in [0.15, 0.2) is 11.9 Å². The predicted octanol–water partition coefficient (Wildman–Crippen LogP) is 3.46. The predicted molar refractivity (Wildman–Crippen MR) is 116 cm³/mol. The fourth-order valence-electron chi connectivity index (χ4n) is 4.73. The van der Waals surface area contributed by atoms with Crippen molar-refractivity contribution < 1.29 is 23.0 Å². The number of benzene rings is 1. The molecule has 4 heterocycles. The molecule has 0 aliphatic carbocycles. The summed E-state index contributed by atoms with van der Waals surface area (Å²) in [6, 6.07) is 9.57. The summed E-state index contributed by atoms with van der Waals surface area (Å²) < 4.78 is 47.3. The molecule has 10 heteroatoms. The minimum atomic E-state index is -4.36. The molecule has 2 aromatic heterocycles. The number of nitrogens with zero attached hydrogens (tertiary/aromatic N) is 5. The molecule has 1 N–H and O–H groups in total. The number of anilines is 1. The number of alkyl halides is 3. The van der Waals surface area contributed by atoms with Crippen LogP contribution in [0, 0.1) is 0 Å². The first kappa shape index (κ1) is 22.1. The summed E-state index contributed by atoms with van der Waals surface area (Å²) in [6.45, 7) is 3.84. The zero-order valence-corrected chi connectivity index (χ0v) is 18.1. The van der Waals surface area contributed by atoms with Gasteiger partial charge >= 0.3 is 6.18 Å². The van der Waals surface area contributed by atoms with Gasteiger partial charge in [0.05, 0.1) is 25.0 Å². The van der Waals surface area contributed by atoms with E-state index in [-0.39, 0.29) is 5.92 Å². The molecule has 5 rings (SSSR count). The molecule has 0 radical (unpaired) electrons. The number of hydrogen-bond acceptors (Lipinski definition) is 6. The number of aliphatic hydroxyl groups excluding tert-OH is 1. The van der Waals surface area contributed by atoms with Gasteiger partial charge in [-0.25, -0.2) is 9.50 Å². The normalized spacial score (nSPS) is 19.8. The molecule has 7 nitrogen and oxygen atoms in total. The van der Waals surface area contributed by atoms with Crippen molar-refractivity contribution in [1.29, 1.82) is 0 Å². The molecule has 0 saturated carbocycles. The quantitative estimate of drug-likeness (QED) is 0.642. The highest BCUT2D eigenvalue weighted by molar-refractivity contribution is 5.47. The van der Waals surface area contributed by atoms with Crippen molar-refractivity contribution in [2.75, 3.05) is 44.3 Å². The maximum atomic E-state index is 13.4. The van der Waals surface area contributed by atoms with Crippen molar-refractivity contribution >= 4 is 11.5 Å². The van der Waals surface area contributed by atoms with Crippen LogP contribution < -0.4 is 4.90 Å². The summed E-state index contributed by atoms with van der Waals surface area (Å²) in [7, 11) is 0. The molecular weight excluding hydrogens is 435 g/mol. The van der Waals surface area contributed by atoms with E-state index in [4.69, 9.17) is 4.74 Å². The number of aliphatic hydroxyl groups is 1. The summed E-state index contributed by atoms with van der Waals surface area (Å²) in [5.41, 5.74) is 0.893. The minimum Gasteiger partial charge on any atom is -0.378 e. The maximum Gasteiger partial charge on any atom is 0.416 e. The lowest BCUT2D eigenvalue weighted by atomic mass is 9.86. The van der Waals surface area contributed by atoms with E-state index < -0.39 is 18.0 Å². The smallest absolute Gasteiger partial charge is 0.378 e. The molecule has 0 spiro atoms. The molecule has 0 amide bonds. The second-order valence-electron chi connectivity index (χ2n) is 8.53. The van der Waals surface area contributed by atoms with E-state index in [0.717, 1.165) is 25.0 Å².